The van der Waals surface area contributed by atoms with E-state index in [0.29, 0.717) is 6.42 Å². The minimum Gasteiger partial charge on any atom is -0.469 e. The summed E-state index contributed by atoms with van der Waals surface area (Å²) in [6, 6.07) is 0. The van der Waals surface area contributed by atoms with Crippen molar-refractivity contribution in [2.24, 2.45) is 0 Å². The molecule has 5 nitrogen and oxygen atoms in total. The average Bonchev–Trinajstić information content (AvgIpc) is 2.14. The summed E-state index contributed by atoms with van der Waals surface area (Å²) in [4.78, 5) is 10.6. The highest BCUT2D eigenvalue weighted by Gasteiger charge is 2.12. The molecular weight excluding hydrogens is 206 g/mol. The van der Waals surface area contributed by atoms with E-state index >= 15 is 0 Å². The molecule has 0 heterocycles. The number of carbonyl (C=O) groups excluding carboxylic acids is 1. The van der Waals surface area contributed by atoms with Gasteiger partial charge in [-0.1, -0.05) is 0 Å². The molecule has 14 heavy (non-hydrogen) atoms. The molecule has 0 aromatic heterocycles. The number of esters is 1. The van der Waals surface area contributed by atoms with Gasteiger partial charge in [0.05, 0.1) is 19.3 Å². The Morgan fingerprint density at radius 2 is 2.21 bits per heavy atom. The van der Waals surface area contributed by atoms with Gasteiger partial charge in [-0.3, -0.25) is 4.79 Å². The van der Waals surface area contributed by atoms with Crippen LogP contribution in [-0.2, 0) is 19.6 Å². The molecule has 0 aliphatic carbocycles. The third-order valence-corrected chi connectivity index (χ3v) is 2.78. The predicted molar refractivity (Wildman–Crippen MR) is 51.9 cm³/mol. The minimum atomic E-state index is -3.41. The second kappa shape index (κ2) is 6.40. The number of methoxy groups -OCH3 is 1. The topological polar surface area (TPSA) is 72.5 Å². The molecule has 0 rings (SSSR count). The molecule has 80 valence electrons. The average molecular weight is 219 g/mol. The molecule has 0 aliphatic rings. The first-order valence-electron chi connectivity index (χ1n) is 3.99. The quantitative estimate of drug-likeness (QED) is 0.371. The molecular formula is C8H13NO4S. The van der Waals surface area contributed by atoms with Crippen molar-refractivity contribution in [2.45, 2.75) is 12.8 Å². The lowest BCUT2D eigenvalue weighted by molar-refractivity contribution is -0.140. The van der Waals surface area contributed by atoms with Crippen LogP contribution in [-0.4, -0.2) is 33.8 Å². The summed E-state index contributed by atoms with van der Waals surface area (Å²) in [5.74, 6) is 1.48. The Morgan fingerprint density at radius 1 is 1.57 bits per heavy atom. The summed E-state index contributed by atoms with van der Waals surface area (Å²) in [6.07, 6.45) is 5.12. The smallest absolute Gasteiger partial charge is 0.306 e. The molecule has 0 aromatic carbocycles. The molecule has 6 heteroatoms. The second-order valence-corrected chi connectivity index (χ2v) is 4.42. The van der Waals surface area contributed by atoms with E-state index in [-0.39, 0.29) is 18.7 Å². The normalized spacial score (nSPS) is 10.6. The lowest BCUT2D eigenvalue weighted by Gasteiger charge is -2.03. The predicted octanol–water partition coefficient (Wildman–Crippen LogP) is -0.508. The van der Waals surface area contributed by atoms with Gasteiger partial charge in [0, 0.05) is 13.0 Å². The fourth-order valence-electron chi connectivity index (χ4n) is 0.671. The summed E-state index contributed by atoms with van der Waals surface area (Å²) in [5.41, 5.74) is 0. The van der Waals surface area contributed by atoms with E-state index < -0.39 is 16.0 Å². The Balaban J connectivity index is 3.85. The van der Waals surface area contributed by atoms with Crippen molar-refractivity contribution < 1.29 is 17.9 Å². The van der Waals surface area contributed by atoms with Gasteiger partial charge in [-0.25, -0.2) is 13.1 Å². The van der Waals surface area contributed by atoms with E-state index in [1.807, 2.05) is 0 Å². The van der Waals surface area contributed by atoms with Gasteiger partial charge >= 0.3 is 5.97 Å². The number of sulfonamides is 1. The first kappa shape index (κ1) is 12.9. The molecule has 0 unspecified atom stereocenters. The largest absolute Gasteiger partial charge is 0.469 e. The molecule has 0 aromatic rings. The van der Waals surface area contributed by atoms with Crippen molar-refractivity contribution in [3.8, 4) is 12.3 Å². The number of hydrogen-bond acceptors (Lipinski definition) is 4. The third-order valence-electron chi connectivity index (χ3n) is 1.39. The van der Waals surface area contributed by atoms with Crippen LogP contribution in [0, 0.1) is 12.3 Å². The van der Waals surface area contributed by atoms with Crippen LogP contribution in [0.5, 0.6) is 0 Å². The van der Waals surface area contributed by atoms with Crippen molar-refractivity contribution in [1.82, 2.24) is 4.72 Å². The fraction of sp³-hybridized carbons (Fsp3) is 0.625. The van der Waals surface area contributed by atoms with Crippen LogP contribution in [0.15, 0.2) is 0 Å². The maximum absolute atomic E-state index is 11.1. The van der Waals surface area contributed by atoms with Crippen molar-refractivity contribution in [3.63, 3.8) is 0 Å². The zero-order valence-electron chi connectivity index (χ0n) is 7.95. The van der Waals surface area contributed by atoms with Crippen LogP contribution in [0.1, 0.15) is 12.8 Å². The van der Waals surface area contributed by atoms with Gasteiger partial charge in [0.15, 0.2) is 0 Å². The van der Waals surface area contributed by atoms with Crippen LogP contribution in [0.4, 0.5) is 0 Å². The van der Waals surface area contributed by atoms with Gasteiger partial charge in [-0.15, -0.1) is 12.3 Å². The zero-order valence-corrected chi connectivity index (χ0v) is 8.76. The van der Waals surface area contributed by atoms with Gasteiger partial charge in [0.25, 0.3) is 0 Å². The number of rotatable bonds is 6. The number of carbonyl (C=O) groups is 1. The number of terminal acetylenes is 1. The summed E-state index contributed by atoms with van der Waals surface area (Å²) in [7, 11) is -2.20. The van der Waals surface area contributed by atoms with E-state index in [0.717, 1.165) is 0 Å². The molecule has 0 amide bonds. The van der Waals surface area contributed by atoms with Gasteiger partial charge in [0.2, 0.25) is 10.0 Å². The van der Waals surface area contributed by atoms with Crippen molar-refractivity contribution in [3.05, 3.63) is 0 Å². The first-order chi connectivity index (χ1) is 6.52. The Bertz CT molecular complexity index is 315. The summed E-state index contributed by atoms with van der Waals surface area (Å²) in [6.45, 7) is 0.194. The van der Waals surface area contributed by atoms with E-state index in [1.54, 1.807) is 0 Å². The minimum absolute atomic E-state index is 0.151. The monoisotopic (exact) mass is 219 g/mol. The highest BCUT2D eigenvalue weighted by Crippen LogP contribution is 1.91. The number of hydrogen-bond donors (Lipinski definition) is 1. The highest BCUT2D eigenvalue weighted by atomic mass is 32.2. The number of nitrogens with one attached hydrogen (secondary N) is 1. The lowest BCUT2D eigenvalue weighted by Crippen LogP contribution is -2.28. The summed E-state index contributed by atoms with van der Waals surface area (Å²) in [5, 5.41) is 0. The molecule has 1 N–H and O–H groups in total. The van der Waals surface area contributed by atoms with E-state index in [9.17, 15) is 13.2 Å². The number of ether oxygens (including phenoxy) is 1. The molecule has 0 atom stereocenters. The second-order valence-electron chi connectivity index (χ2n) is 2.49. The van der Waals surface area contributed by atoms with Gasteiger partial charge < -0.3 is 4.74 Å². The molecule has 0 radical (unpaired) electrons. The zero-order chi connectivity index (χ0) is 11.0. The van der Waals surface area contributed by atoms with E-state index in [1.165, 1.54) is 7.11 Å². The summed E-state index contributed by atoms with van der Waals surface area (Å²) >= 11 is 0. The van der Waals surface area contributed by atoms with Gasteiger partial charge in [-0.05, 0) is 0 Å². The van der Waals surface area contributed by atoms with Gasteiger partial charge in [-0.2, -0.15) is 0 Å². The van der Waals surface area contributed by atoms with Crippen LogP contribution in [0.25, 0.3) is 0 Å². The molecule has 0 bridgehead atoms. The van der Waals surface area contributed by atoms with Crippen molar-refractivity contribution in [1.29, 1.82) is 0 Å². The third kappa shape index (κ3) is 6.46. The Hall–Kier alpha value is -1.06. The molecule has 0 aliphatic heterocycles. The van der Waals surface area contributed by atoms with E-state index in [2.05, 4.69) is 15.4 Å². The molecule has 0 saturated carbocycles. The maximum Gasteiger partial charge on any atom is 0.306 e. The van der Waals surface area contributed by atoms with Crippen LogP contribution < -0.4 is 4.72 Å². The van der Waals surface area contributed by atoms with Crippen LogP contribution in [0.3, 0.4) is 0 Å². The lowest BCUT2D eigenvalue weighted by atomic mass is 10.5. The molecule has 0 saturated heterocycles. The summed E-state index contributed by atoms with van der Waals surface area (Å²) < 4.78 is 28.8. The SMILES string of the molecule is C#CCCNS(=O)(=O)CCC(=O)OC. The van der Waals surface area contributed by atoms with Crippen molar-refractivity contribution >= 4 is 16.0 Å². The highest BCUT2D eigenvalue weighted by molar-refractivity contribution is 7.89. The Kier molecular flexibility index (Phi) is 5.92. The Labute approximate surface area is 83.9 Å². The Morgan fingerprint density at radius 3 is 2.71 bits per heavy atom. The van der Waals surface area contributed by atoms with Crippen molar-refractivity contribution in [2.75, 3.05) is 19.4 Å². The van der Waals surface area contributed by atoms with Gasteiger partial charge in [0.1, 0.15) is 0 Å². The first-order valence-corrected chi connectivity index (χ1v) is 5.64. The van der Waals surface area contributed by atoms with E-state index in [4.69, 9.17) is 6.42 Å². The fourth-order valence-corrected chi connectivity index (χ4v) is 1.66. The molecule has 0 fully saturated rings. The van der Waals surface area contributed by atoms with Crippen LogP contribution >= 0.6 is 0 Å². The molecule has 0 spiro atoms. The maximum atomic E-state index is 11.1. The van der Waals surface area contributed by atoms with Crippen LogP contribution in [0.2, 0.25) is 0 Å². The standard InChI is InChI=1S/C8H13NO4S/c1-3-4-6-9-14(11,12)7-5-8(10)13-2/h1,9H,4-7H2,2H3.